The second-order valence-electron chi connectivity index (χ2n) is 7.82. The number of nitrogens with zero attached hydrogens (tertiary/aromatic N) is 1. The van der Waals surface area contributed by atoms with E-state index in [1.165, 1.54) is 23.5 Å². The average molecular weight is 543 g/mol. The summed E-state index contributed by atoms with van der Waals surface area (Å²) in [5, 5.41) is 14.4. The first-order valence-electron chi connectivity index (χ1n) is 11.0. The number of halogens is 3. The molecule has 3 aromatic rings. The fraction of sp³-hybridized carbons (Fsp3) is 0.333. The number of aromatic nitrogens is 1. The van der Waals surface area contributed by atoms with Crippen LogP contribution in [0.3, 0.4) is 0 Å². The normalized spacial score (nSPS) is 12.8. The number of ether oxygens (including phenoxy) is 1. The quantitative estimate of drug-likeness (QED) is 0.338. The molecule has 0 fully saturated rings. The number of benzene rings is 2. The molecule has 1 heterocycles. The van der Waals surface area contributed by atoms with Crippen LogP contribution in [-0.2, 0) is 9.84 Å². The summed E-state index contributed by atoms with van der Waals surface area (Å²) in [6.07, 6.45) is -5.29. The summed E-state index contributed by atoms with van der Waals surface area (Å²) in [4.78, 5) is 17.1. The van der Waals surface area contributed by atoms with Crippen molar-refractivity contribution in [3.63, 3.8) is 0 Å². The van der Waals surface area contributed by atoms with Crippen molar-refractivity contribution in [2.24, 2.45) is 0 Å². The van der Waals surface area contributed by atoms with Crippen molar-refractivity contribution in [3.8, 4) is 16.5 Å². The second-order valence-corrected chi connectivity index (χ2v) is 10.9. The Bertz CT molecular complexity index is 1260. The molecule has 1 atom stereocenters. The Morgan fingerprint density at radius 2 is 1.81 bits per heavy atom. The maximum atomic E-state index is 12.7. The molecule has 36 heavy (non-hydrogen) atoms. The molecular formula is C24H25F3N2O5S2. The molecular weight excluding hydrogens is 517 g/mol. The van der Waals surface area contributed by atoms with Gasteiger partial charge in [0.2, 0.25) is 0 Å². The summed E-state index contributed by atoms with van der Waals surface area (Å²) in [6.45, 7) is 1.08. The number of sulfone groups is 1. The molecule has 0 aliphatic rings. The van der Waals surface area contributed by atoms with Gasteiger partial charge in [-0.15, -0.1) is 0 Å². The van der Waals surface area contributed by atoms with Crippen molar-refractivity contribution in [1.29, 1.82) is 0 Å². The highest BCUT2D eigenvalue weighted by atomic mass is 32.2. The van der Waals surface area contributed by atoms with Crippen LogP contribution in [0.2, 0.25) is 0 Å². The standard InChI is InChI=1S/C24H25F3N2O5S2/c1-2-36(32,33)19-10-8-16(9-11-19)20(14-30)28-22(31)18-6-4-17(5-7-18)21-15-35-23(29-21)34-13-3-12-24(25,26)27/h4-11,15,20,30H,2-3,12-14H2,1H3,(H,28,31). The van der Waals surface area contributed by atoms with E-state index in [-0.39, 0.29) is 35.5 Å². The van der Waals surface area contributed by atoms with E-state index in [0.29, 0.717) is 22.4 Å². The molecule has 12 heteroatoms. The monoisotopic (exact) mass is 542 g/mol. The molecule has 0 bridgehead atoms. The summed E-state index contributed by atoms with van der Waals surface area (Å²) >= 11 is 1.17. The summed E-state index contributed by atoms with van der Waals surface area (Å²) in [5.41, 5.74) is 2.15. The summed E-state index contributed by atoms with van der Waals surface area (Å²) in [6, 6.07) is 11.8. The minimum atomic E-state index is -4.22. The van der Waals surface area contributed by atoms with Gasteiger partial charge in [0, 0.05) is 22.9 Å². The molecule has 0 saturated heterocycles. The predicted molar refractivity (Wildman–Crippen MR) is 130 cm³/mol. The van der Waals surface area contributed by atoms with Gasteiger partial charge >= 0.3 is 6.18 Å². The van der Waals surface area contributed by atoms with E-state index in [0.717, 1.165) is 0 Å². The van der Waals surface area contributed by atoms with Gasteiger partial charge in [-0.05, 0) is 36.2 Å². The molecule has 0 radical (unpaired) electrons. The fourth-order valence-electron chi connectivity index (χ4n) is 3.23. The lowest BCUT2D eigenvalue weighted by Gasteiger charge is -2.17. The number of amides is 1. The van der Waals surface area contributed by atoms with Crippen molar-refractivity contribution in [2.45, 2.75) is 36.9 Å². The zero-order valence-electron chi connectivity index (χ0n) is 19.3. The van der Waals surface area contributed by atoms with E-state index in [9.17, 15) is 31.5 Å². The third-order valence-electron chi connectivity index (χ3n) is 5.27. The zero-order chi connectivity index (χ0) is 26.3. The van der Waals surface area contributed by atoms with Crippen LogP contribution in [-0.4, -0.2) is 49.6 Å². The van der Waals surface area contributed by atoms with Crippen molar-refractivity contribution >= 4 is 27.1 Å². The number of alkyl halides is 3. The van der Waals surface area contributed by atoms with Gasteiger partial charge in [-0.3, -0.25) is 4.79 Å². The van der Waals surface area contributed by atoms with Crippen LogP contribution in [0, 0.1) is 0 Å². The third kappa shape index (κ3) is 7.52. The van der Waals surface area contributed by atoms with Gasteiger partial charge < -0.3 is 15.2 Å². The molecule has 2 N–H and O–H groups in total. The molecule has 0 aliphatic carbocycles. The number of aliphatic hydroxyl groups excluding tert-OH is 1. The first-order valence-corrected chi connectivity index (χ1v) is 13.6. The van der Waals surface area contributed by atoms with E-state index in [1.807, 2.05) is 0 Å². The number of nitrogens with one attached hydrogen (secondary N) is 1. The number of carbonyl (C=O) groups excluding carboxylic acids is 1. The molecule has 1 amide bonds. The van der Waals surface area contributed by atoms with Crippen molar-refractivity contribution in [1.82, 2.24) is 10.3 Å². The SMILES string of the molecule is CCS(=O)(=O)c1ccc(C(CO)NC(=O)c2ccc(-c3csc(OCCCC(F)(F)F)n3)cc2)cc1. The number of hydrogen-bond donors (Lipinski definition) is 2. The molecule has 0 saturated carbocycles. The number of hydrogen-bond acceptors (Lipinski definition) is 7. The van der Waals surface area contributed by atoms with Gasteiger partial charge in [-0.2, -0.15) is 13.2 Å². The highest BCUT2D eigenvalue weighted by Crippen LogP contribution is 2.28. The fourth-order valence-corrected chi connectivity index (χ4v) is 4.82. The summed E-state index contributed by atoms with van der Waals surface area (Å²) in [5.74, 6) is -0.461. The lowest BCUT2D eigenvalue weighted by Crippen LogP contribution is -2.30. The number of thiazole rings is 1. The van der Waals surface area contributed by atoms with Crippen LogP contribution in [0.4, 0.5) is 13.2 Å². The lowest BCUT2D eigenvalue weighted by atomic mass is 10.1. The zero-order valence-corrected chi connectivity index (χ0v) is 20.9. The predicted octanol–water partition coefficient (Wildman–Crippen LogP) is 4.79. The van der Waals surface area contributed by atoms with Crippen molar-refractivity contribution in [3.05, 3.63) is 65.0 Å². The lowest BCUT2D eigenvalue weighted by molar-refractivity contribution is -0.136. The minimum Gasteiger partial charge on any atom is -0.470 e. The summed E-state index contributed by atoms with van der Waals surface area (Å²) < 4.78 is 65.9. The molecule has 2 aromatic carbocycles. The number of rotatable bonds is 11. The molecule has 194 valence electrons. The van der Waals surface area contributed by atoms with Crippen LogP contribution >= 0.6 is 11.3 Å². The average Bonchev–Trinajstić information content (AvgIpc) is 3.33. The highest BCUT2D eigenvalue weighted by Gasteiger charge is 2.26. The molecule has 0 spiro atoms. The Morgan fingerprint density at radius 3 is 2.39 bits per heavy atom. The largest absolute Gasteiger partial charge is 0.470 e. The maximum absolute atomic E-state index is 12.7. The van der Waals surface area contributed by atoms with Crippen LogP contribution in [0.5, 0.6) is 5.19 Å². The third-order valence-corrected chi connectivity index (χ3v) is 7.77. The highest BCUT2D eigenvalue weighted by molar-refractivity contribution is 7.91. The Balaban J connectivity index is 1.60. The molecule has 7 nitrogen and oxygen atoms in total. The first-order chi connectivity index (χ1) is 17.0. The van der Waals surface area contributed by atoms with Gasteiger partial charge in [0.1, 0.15) is 0 Å². The van der Waals surface area contributed by atoms with Gasteiger partial charge in [-0.25, -0.2) is 13.4 Å². The Hall–Kier alpha value is -2.96. The molecule has 3 rings (SSSR count). The van der Waals surface area contributed by atoms with Crippen molar-refractivity contribution in [2.75, 3.05) is 19.0 Å². The van der Waals surface area contributed by atoms with Crippen molar-refractivity contribution < 1.29 is 36.2 Å². The molecule has 0 aliphatic heterocycles. The molecule has 1 unspecified atom stereocenters. The second kappa shape index (κ2) is 11.8. The van der Waals surface area contributed by atoms with Crippen LogP contribution in [0.25, 0.3) is 11.3 Å². The Morgan fingerprint density at radius 1 is 1.14 bits per heavy atom. The number of carbonyl (C=O) groups is 1. The van der Waals surface area contributed by atoms with Gasteiger partial charge in [0.05, 0.1) is 35.6 Å². The Labute approximate surface area is 210 Å². The topological polar surface area (TPSA) is 106 Å². The van der Waals surface area contributed by atoms with Crippen LogP contribution in [0.15, 0.2) is 58.8 Å². The minimum absolute atomic E-state index is 0.0281. The van der Waals surface area contributed by atoms with E-state index in [4.69, 9.17) is 4.74 Å². The van der Waals surface area contributed by atoms with E-state index in [2.05, 4.69) is 10.3 Å². The van der Waals surface area contributed by atoms with E-state index in [1.54, 1.807) is 48.7 Å². The summed E-state index contributed by atoms with van der Waals surface area (Å²) in [7, 11) is -3.35. The maximum Gasteiger partial charge on any atom is 0.389 e. The first kappa shape index (κ1) is 27.6. The van der Waals surface area contributed by atoms with E-state index < -0.39 is 34.4 Å². The number of aliphatic hydroxyl groups is 1. The van der Waals surface area contributed by atoms with Gasteiger partial charge in [-0.1, -0.05) is 42.5 Å². The van der Waals surface area contributed by atoms with E-state index >= 15 is 0 Å². The van der Waals surface area contributed by atoms with Gasteiger partial charge in [0.25, 0.3) is 11.1 Å². The van der Waals surface area contributed by atoms with Gasteiger partial charge in [0.15, 0.2) is 9.84 Å². The van der Waals surface area contributed by atoms with Crippen LogP contribution in [0.1, 0.15) is 41.7 Å². The smallest absolute Gasteiger partial charge is 0.389 e. The van der Waals surface area contributed by atoms with Crippen LogP contribution < -0.4 is 10.1 Å². The molecule has 1 aromatic heterocycles. The Kier molecular flexibility index (Phi) is 9.09.